The van der Waals surface area contributed by atoms with Gasteiger partial charge in [-0.3, -0.25) is 0 Å². The molecule has 0 aliphatic rings. The van der Waals surface area contributed by atoms with Crippen LogP contribution in [0.1, 0.15) is 5.56 Å². The summed E-state index contributed by atoms with van der Waals surface area (Å²) in [7, 11) is 0. The summed E-state index contributed by atoms with van der Waals surface area (Å²) in [5.74, 6) is 0. The van der Waals surface area contributed by atoms with E-state index < -0.39 is 0 Å². The maximum atomic E-state index is 2.30. The number of benzene rings is 4. The van der Waals surface area contributed by atoms with Gasteiger partial charge in [0, 0.05) is 0 Å². The van der Waals surface area contributed by atoms with E-state index in [4.69, 9.17) is 0 Å². The maximum absolute atomic E-state index is 2.30. The Morgan fingerprint density at radius 1 is 0.565 bits per heavy atom. The molecule has 0 saturated heterocycles. The first-order valence-electron chi connectivity index (χ1n) is 7.97. The molecule has 0 bridgehead atoms. The zero-order valence-corrected chi connectivity index (χ0v) is 13.2. The topological polar surface area (TPSA) is 0 Å². The molecule has 0 unspecified atom stereocenters. The fourth-order valence-corrected chi connectivity index (χ4v) is 3.21. The molecule has 0 amide bonds. The van der Waals surface area contributed by atoms with Crippen LogP contribution in [0.15, 0.2) is 91.0 Å². The van der Waals surface area contributed by atoms with E-state index in [2.05, 4.69) is 97.9 Å². The number of hydrogen-bond acceptors (Lipinski definition) is 0. The largest absolute Gasteiger partial charge is 0.0622 e. The highest BCUT2D eigenvalue weighted by Crippen LogP contribution is 2.38. The third-order valence-corrected chi connectivity index (χ3v) is 4.32. The lowest BCUT2D eigenvalue weighted by Crippen LogP contribution is -1.88. The molecule has 0 radical (unpaired) electrons. The van der Waals surface area contributed by atoms with Crippen LogP contribution < -0.4 is 0 Å². The van der Waals surface area contributed by atoms with E-state index in [1.807, 2.05) is 0 Å². The minimum atomic E-state index is 1.26. The van der Waals surface area contributed by atoms with E-state index in [0.29, 0.717) is 0 Å². The van der Waals surface area contributed by atoms with Crippen molar-refractivity contribution in [3.63, 3.8) is 0 Å². The van der Waals surface area contributed by atoms with Crippen LogP contribution in [0.5, 0.6) is 0 Å². The van der Waals surface area contributed by atoms with Gasteiger partial charge in [-0.2, -0.15) is 0 Å². The third-order valence-electron chi connectivity index (χ3n) is 4.32. The summed E-state index contributed by atoms with van der Waals surface area (Å²) in [5, 5.41) is 2.60. The maximum Gasteiger partial charge on any atom is -0.00267 e. The summed E-state index contributed by atoms with van der Waals surface area (Å²) < 4.78 is 0. The van der Waals surface area contributed by atoms with Gasteiger partial charge in [-0.1, -0.05) is 96.6 Å². The van der Waals surface area contributed by atoms with Crippen molar-refractivity contribution in [3.05, 3.63) is 96.6 Å². The van der Waals surface area contributed by atoms with Gasteiger partial charge in [-0.15, -0.1) is 0 Å². The lowest BCUT2D eigenvalue weighted by molar-refractivity contribution is 1.50. The minimum absolute atomic E-state index is 1.26. The van der Waals surface area contributed by atoms with E-state index >= 15 is 0 Å². The number of aryl methyl sites for hydroxylation is 1. The highest BCUT2D eigenvalue weighted by molar-refractivity contribution is 6.04. The quantitative estimate of drug-likeness (QED) is 0.397. The van der Waals surface area contributed by atoms with Crippen LogP contribution >= 0.6 is 0 Å². The smallest absolute Gasteiger partial charge is 0.00267 e. The lowest BCUT2D eigenvalue weighted by Gasteiger charge is -2.14. The molecule has 0 heteroatoms. The minimum Gasteiger partial charge on any atom is -0.0622 e. The number of fused-ring (bicyclic) bond motifs is 1. The van der Waals surface area contributed by atoms with Gasteiger partial charge in [-0.05, 0) is 39.9 Å². The van der Waals surface area contributed by atoms with Gasteiger partial charge < -0.3 is 0 Å². The van der Waals surface area contributed by atoms with Gasteiger partial charge in [0.2, 0.25) is 0 Å². The van der Waals surface area contributed by atoms with Gasteiger partial charge in [0.1, 0.15) is 0 Å². The van der Waals surface area contributed by atoms with E-state index in [0.717, 1.165) is 0 Å². The molecule has 4 aromatic carbocycles. The predicted molar refractivity (Wildman–Crippen MR) is 99.6 cm³/mol. The first-order valence-corrected chi connectivity index (χ1v) is 7.97. The van der Waals surface area contributed by atoms with Crippen LogP contribution in [0.2, 0.25) is 0 Å². The Kier molecular flexibility index (Phi) is 3.44. The zero-order valence-electron chi connectivity index (χ0n) is 13.2. The molecule has 0 atom stereocenters. The Balaban J connectivity index is 2.11. The summed E-state index contributed by atoms with van der Waals surface area (Å²) in [6.07, 6.45) is 0. The summed E-state index contributed by atoms with van der Waals surface area (Å²) >= 11 is 0. The molecule has 110 valence electrons. The Bertz CT molecular complexity index is 951. The highest BCUT2D eigenvalue weighted by atomic mass is 14.1. The van der Waals surface area contributed by atoms with E-state index in [1.165, 1.54) is 38.6 Å². The number of hydrogen-bond donors (Lipinski definition) is 0. The fourth-order valence-electron chi connectivity index (χ4n) is 3.21. The molecule has 4 rings (SSSR count). The summed E-state index contributed by atoms with van der Waals surface area (Å²) in [6, 6.07) is 32.5. The van der Waals surface area contributed by atoms with Gasteiger partial charge in [0.05, 0.1) is 0 Å². The van der Waals surface area contributed by atoms with Crippen molar-refractivity contribution in [2.24, 2.45) is 0 Å². The summed E-state index contributed by atoms with van der Waals surface area (Å²) in [4.78, 5) is 0. The van der Waals surface area contributed by atoms with Gasteiger partial charge in [0.25, 0.3) is 0 Å². The molecule has 0 aliphatic heterocycles. The second-order valence-corrected chi connectivity index (χ2v) is 5.94. The third kappa shape index (κ3) is 2.53. The van der Waals surface area contributed by atoms with Crippen molar-refractivity contribution in [3.8, 4) is 22.3 Å². The average molecular weight is 294 g/mol. The standard InChI is InChI=1S/C23H18/c1-17-12-13-19-14-15-21(18-8-4-2-5-9-18)23(22(19)16-17)20-10-6-3-7-11-20/h2-16H,1H3. The Morgan fingerprint density at radius 3 is 1.87 bits per heavy atom. The van der Waals surface area contributed by atoms with Crippen LogP contribution in [0, 0.1) is 6.92 Å². The van der Waals surface area contributed by atoms with E-state index in [-0.39, 0.29) is 0 Å². The molecule has 0 saturated carbocycles. The molecule has 0 aromatic heterocycles. The Hall–Kier alpha value is -2.86. The first-order chi connectivity index (χ1) is 11.3. The molecule has 4 aromatic rings. The molecule has 0 nitrogen and oxygen atoms in total. The monoisotopic (exact) mass is 294 g/mol. The average Bonchev–Trinajstić information content (AvgIpc) is 2.62. The lowest BCUT2D eigenvalue weighted by atomic mass is 9.89. The summed E-state index contributed by atoms with van der Waals surface area (Å²) in [6.45, 7) is 2.16. The van der Waals surface area contributed by atoms with Gasteiger partial charge >= 0.3 is 0 Å². The molecule has 23 heavy (non-hydrogen) atoms. The second kappa shape index (κ2) is 5.73. The van der Waals surface area contributed by atoms with Gasteiger partial charge in [0.15, 0.2) is 0 Å². The van der Waals surface area contributed by atoms with Crippen molar-refractivity contribution in [2.45, 2.75) is 6.92 Å². The summed E-state index contributed by atoms with van der Waals surface area (Å²) in [5.41, 5.74) is 6.42. The molecular formula is C23H18. The SMILES string of the molecule is Cc1ccc2ccc(-c3ccccc3)c(-c3ccccc3)c2c1. The Morgan fingerprint density at radius 2 is 1.17 bits per heavy atom. The predicted octanol–water partition coefficient (Wildman–Crippen LogP) is 6.48. The van der Waals surface area contributed by atoms with Crippen molar-refractivity contribution in [1.29, 1.82) is 0 Å². The van der Waals surface area contributed by atoms with Crippen LogP contribution in [0.3, 0.4) is 0 Å². The fraction of sp³-hybridized carbons (Fsp3) is 0.0435. The molecule has 0 spiro atoms. The molecular weight excluding hydrogens is 276 g/mol. The molecule has 0 aliphatic carbocycles. The van der Waals surface area contributed by atoms with Crippen LogP contribution in [-0.4, -0.2) is 0 Å². The van der Waals surface area contributed by atoms with Crippen molar-refractivity contribution < 1.29 is 0 Å². The van der Waals surface area contributed by atoms with Crippen molar-refractivity contribution in [2.75, 3.05) is 0 Å². The molecule has 0 fully saturated rings. The normalized spacial score (nSPS) is 10.8. The van der Waals surface area contributed by atoms with Crippen LogP contribution in [-0.2, 0) is 0 Å². The zero-order chi connectivity index (χ0) is 15.6. The Labute approximate surface area is 137 Å². The highest BCUT2D eigenvalue weighted by Gasteiger charge is 2.11. The first kappa shape index (κ1) is 13.8. The van der Waals surface area contributed by atoms with Crippen LogP contribution in [0.4, 0.5) is 0 Å². The van der Waals surface area contributed by atoms with E-state index in [9.17, 15) is 0 Å². The van der Waals surface area contributed by atoms with Crippen LogP contribution in [0.25, 0.3) is 33.0 Å². The van der Waals surface area contributed by atoms with E-state index in [1.54, 1.807) is 0 Å². The second-order valence-electron chi connectivity index (χ2n) is 5.94. The number of rotatable bonds is 2. The van der Waals surface area contributed by atoms with Crippen molar-refractivity contribution in [1.82, 2.24) is 0 Å². The molecule has 0 N–H and O–H groups in total. The van der Waals surface area contributed by atoms with Crippen molar-refractivity contribution >= 4 is 10.8 Å². The van der Waals surface area contributed by atoms with Gasteiger partial charge in [-0.25, -0.2) is 0 Å². The molecule has 0 heterocycles.